The zero-order chi connectivity index (χ0) is 14.8. The summed E-state index contributed by atoms with van der Waals surface area (Å²) in [5.74, 6) is 0. The fourth-order valence-corrected chi connectivity index (χ4v) is 2.49. The molecule has 0 fully saturated rings. The molecule has 0 saturated carbocycles. The molecule has 3 rings (SSSR count). The van der Waals surface area contributed by atoms with E-state index < -0.39 is 0 Å². The summed E-state index contributed by atoms with van der Waals surface area (Å²) in [6.07, 6.45) is 3.92. The monoisotopic (exact) mass is 277 g/mol. The molecular formula is C18H19N3. The van der Waals surface area contributed by atoms with Gasteiger partial charge < -0.3 is 5.73 Å². The Labute approximate surface area is 125 Å². The molecule has 0 aliphatic heterocycles. The van der Waals surface area contributed by atoms with E-state index in [9.17, 15) is 0 Å². The van der Waals surface area contributed by atoms with Crippen molar-refractivity contribution in [2.24, 2.45) is 0 Å². The lowest BCUT2D eigenvalue weighted by Gasteiger charge is -2.07. The highest BCUT2D eigenvalue weighted by Crippen LogP contribution is 2.25. The first-order valence-electron chi connectivity index (χ1n) is 7.07. The van der Waals surface area contributed by atoms with Gasteiger partial charge in [0.05, 0.1) is 12.7 Å². The fraction of sp³-hybridized carbons (Fsp3) is 0.167. The van der Waals surface area contributed by atoms with Crippen molar-refractivity contribution in [1.82, 2.24) is 9.78 Å². The van der Waals surface area contributed by atoms with E-state index in [1.165, 1.54) is 16.7 Å². The van der Waals surface area contributed by atoms with Crippen molar-refractivity contribution < 1.29 is 0 Å². The number of benzene rings is 2. The molecular weight excluding hydrogens is 258 g/mol. The van der Waals surface area contributed by atoms with Crippen LogP contribution in [-0.4, -0.2) is 9.78 Å². The second kappa shape index (κ2) is 5.44. The van der Waals surface area contributed by atoms with Gasteiger partial charge in [-0.1, -0.05) is 42.0 Å². The number of hydrogen-bond donors (Lipinski definition) is 1. The molecule has 106 valence electrons. The van der Waals surface area contributed by atoms with E-state index in [1.807, 2.05) is 41.3 Å². The molecule has 21 heavy (non-hydrogen) atoms. The van der Waals surface area contributed by atoms with Crippen LogP contribution in [0.2, 0.25) is 0 Å². The quantitative estimate of drug-likeness (QED) is 0.740. The number of rotatable bonds is 3. The minimum atomic E-state index is 0.778. The first-order valence-corrected chi connectivity index (χ1v) is 7.07. The number of aryl methyl sites for hydroxylation is 2. The van der Waals surface area contributed by atoms with Crippen molar-refractivity contribution in [3.63, 3.8) is 0 Å². The number of hydrogen-bond acceptors (Lipinski definition) is 2. The summed E-state index contributed by atoms with van der Waals surface area (Å²) < 4.78 is 1.96. The van der Waals surface area contributed by atoms with Gasteiger partial charge in [0.1, 0.15) is 0 Å². The van der Waals surface area contributed by atoms with Gasteiger partial charge >= 0.3 is 0 Å². The second-order valence-electron chi connectivity index (χ2n) is 5.44. The third kappa shape index (κ3) is 2.82. The Morgan fingerprint density at radius 1 is 1.10 bits per heavy atom. The molecule has 3 heteroatoms. The van der Waals surface area contributed by atoms with Crippen molar-refractivity contribution >= 4 is 5.69 Å². The molecule has 0 radical (unpaired) electrons. The number of aromatic nitrogens is 2. The van der Waals surface area contributed by atoms with Gasteiger partial charge in [0.2, 0.25) is 0 Å². The molecule has 0 spiro atoms. The number of anilines is 1. The highest BCUT2D eigenvalue weighted by atomic mass is 15.3. The average Bonchev–Trinajstić information content (AvgIpc) is 2.92. The van der Waals surface area contributed by atoms with Gasteiger partial charge in [-0.2, -0.15) is 5.10 Å². The minimum absolute atomic E-state index is 0.778. The van der Waals surface area contributed by atoms with Crippen LogP contribution in [0.25, 0.3) is 11.1 Å². The summed E-state index contributed by atoms with van der Waals surface area (Å²) in [4.78, 5) is 0. The van der Waals surface area contributed by atoms with Crippen molar-refractivity contribution in [2.75, 3.05) is 5.73 Å². The molecule has 0 saturated heterocycles. The van der Waals surface area contributed by atoms with Gasteiger partial charge in [-0.05, 0) is 31.0 Å². The summed E-state index contributed by atoms with van der Waals surface area (Å²) in [6, 6.07) is 14.4. The third-order valence-electron chi connectivity index (χ3n) is 3.74. The van der Waals surface area contributed by atoms with Crippen LogP contribution in [0, 0.1) is 13.8 Å². The Kier molecular flexibility index (Phi) is 3.48. The Balaban J connectivity index is 1.89. The molecule has 3 aromatic rings. The number of para-hydroxylation sites is 1. The first-order chi connectivity index (χ1) is 10.1. The Bertz CT molecular complexity index is 772. The minimum Gasteiger partial charge on any atom is -0.398 e. The predicted octanol–water partition coefficient (Wildman–Crippen LogP) is 3.80. The van der Waals surface area contributed by atoms with Gasteiger partial charge in [0, 0.05) is 23.0 Å². The highest BCUT2D eigenvalue weighted by molar-refractivity contribution is 5.75. The van der Waals surface area contributed by atoms with Crippen LogP contribution in [0.4, 0.5) is 5.69 Å². The maximum absolute atomic E-state index is 6.02. The number of nitrogens with zero attached hydrogens (tertiary/aromatic N) is 2. The summed E-state index contributed by atoms with van der Waals surface area (Å²) in [5, 5.41) is 4.46. The molecule has 0 aliphatic rings. The third-order valence-corrected chi connectivity index (χ3v) is 3.74. The van der Waals surface area contributed by atoms with E-state index >= 15 is 0 Å². The van der Waals surface area contributed by atoms with Crippen LogP contribution in [0.5, 0.6) is 0 Å². The van der Waals surface area contributed by atoms with Crippen molar-refractivity contribution in [1.29, 1.82) is 0 Å². The van der Waals surface area contributed by atoms with Crippen LogP contribution >= 0.6 is 0 Å². The average molecular weight is 277 g/mol. The highest BCUT2D eigenvalue weighted by Gasteiger charge is 2.06. The molecule has 3 nitrogen and oxygen atoms in total. The van der Waals surface area contributed by atoms with Gasteiger partial charge in [-0.3, -0.25) is 4.68 Å². The maximum atomic E-state index is 6.02. The van der Waals surface area contributed by atoms with E-state index in [0.717, 1.165) is 23.4 Å². The van der Waals surface area contributed by atoms with E-state index in [1.54, 1.807) is 0 Å². The van der Waals surface area contributed by atoms with Gasteiger partial charge in [-0.15, -0.1) is 0 Å². The predicted molar refractivity (Wildman–Crippen MR) is 87.1 cm³/mol. The lowest BCUT2D eigenvalue weighted by atomic mass is 10.1. The topological polar surface area (TPSA) is 43.8 Å². The normalized spacial score (nSPS) is 10.8. The van der Waals surface area contributed by atoms with Crippen LogP contribution in [0.15, 0.2) is 54.9 Å². The lowest BCUT2D eigenvalue weighted by Crippen LogP contribution is -2.02. The van der Waals surface area contributed by atoms with Crippen LogP contribution in [0.3, 0.4) is 0 Å². The SMILES string of the molecule is Cc1ccc(C)c(Cn2cc(-c3ccccc3N)cn2)c1. The molecule has 1 heterocycles. The summed E-state index contributed by atoms with van der Waals surface area (Å²) in [6.45, 7) is 5.02. The molecule has 1 aromatic heterocycles. The summed E-state index contributed by atoms with van der Waals surface area (Å²) >= 11 is 0. The standard InChI is InChI=1S/C18H19N3/c1-13-7-8-14(2)15(9-13)11-21-12-16(10-20-21)17-5-3-4-6-18(17)19/h3-10,12H,11,19H2,1-2H3. The van der Waals surface area contributed by atoms with Crippen molar-refractivity contribution in [3.05, 3.63) is 71.5 Å². The molecule has 0 aliphatic carbocycles. The van der Waals surface area contributed by atoms with Crippen molar-refractivity contribution in [2.45, 2.75) is 20.4 Å². The van der Waals surface area contributed by atoms with Gasteiger partial charge in [-0.25, -0.2) is 0 Å². The van der Waals surface area contributed by atoms with Crippen LogP contribution < -0.4 is 5.73 Å². The lowest BCUT2D eigenvalue weighted by molar-refractivity contribution is 0.684. The van der Waals surface area contributed by atoms with Crippen LogP contribution in [-0.2, 0) is 6.54 Å². The molecule has 0 bridgehead atoms. The molecule has 2 N–H and O–H groups in total. The van der Waals surface area contributed by atoms with Gasteiger partial charge in [0.25, 0.3) is 0 Å². The molecule has 0 amide bonds. The van der Waals surface area contributed by atoms with Crippen molar-refractivity contribution in [3.8, 4) is 11.1 Å². The Morgan fingerprint density at radius 3 is 2.71 bits per heavy atom. The molecule has 0 atom stereocenters. The second-order valence-corrected chi connectivity index (χ2v) is 5.44. The van der Waals surface area contributed by atoms with E-state index in [0.29, 0.717) is 0 Å². The van der Waals surface area contributed by atoms with E-state index in [4.69, 9.17) is 5.73 Å². The van der Waals surface area contributed by atoms with Crippen LogP contribution in [0.1, 0.15) is 16.7 Å². The number of nitrogens with two attached hydrogens (primary N) is 1. The summed E-state index contributed by atoms with van der Waals surface area (Å²) in [7, 11) is 0. The first kappa shape index (κ1) is 13.4. The fourth-order valence-electron chi connectivity index (χ4n) is 2.49. The smallest absolute Gasteiger partial charge is 0.0662 e. The zero-order valence-corrected chi connectivity index (χ0v) is 12.4. The largest absolute Gasteiger partial charge is 0.398 e. The Hall–Kier alpha value is -2.55. The summed E-state index contributed by atoms with van der Waals surface area (Å²) in [5.41, 5.74) is 12.7. The Morgan fingerprint density at radius 2 is 1.90 bits per heavy atom. The van der Waals surface area contributed by atoms with E-state index in [-0.39, 0.29) is 0 Å². The molecule has 2 aromatic carbocycles. The zero-order valence-electron chi connectivity index (χ0n) is 12.4. The molecule has 0 unspecified atom stereocenters. The number of nitrogen functional groups attached to an aromatic ring is 1. The van der Waals surface area contributed by atoms with Gasteiger partial charge in [0.15, 0.2) is 0 Å². The maximum Gasteiger partial charge on any atom is 0.0662 e. The van der Waals surface area contributed by atoms with E-state index in [2.05, 4.69) is 37.1 Å².